The van der Waals surface area contributed by atoms with Crippen LogP contribution in [0.15, 0.2) is 28.6 Å². The quantitative estimate of drug-likeness (QED) is 0.658. The maximum absolute atomic E-state index is 13.4. The molecule has 1 aromatic heterocycles. The minimum absolute atomic E-state index is 0.121. The van der Waals surface area contributed by atoms with Gasteiger partial charge in [0.15, 0.2) is 4.34 Å². The molecule has 2 amide bonds. The maximum Gasteiger partial charge on any atom is 0.250 e. The van der Waals surface area contributed by atoms with Crippen LogP contribution in [0, 0.1) is 0 Å². The number of aromatic nitrogens is 2. The van der Waals surface area contributed by atoms with Crippen LogP contribution >= 0.6 is 23.1 Å². The Morgan fingerprint density at radius 1 is 1.27 bits per heavy atom. The third kappa shape index (κ3) is 4.18. The van der Waals surface area contributed by atoms with Crippen LogP contribution in [0.4, 0.5) is 16.5 Å². The van der Waals surface area contributed by atoms with E-state index in [4.69, 9.17) is 0 Å². The number of hydrogen-bond donors (Lipinski definition) is 2. The van der Waals surface area contributed by atoms with E-state index < -0.39 is 10.8 Å². The first-order chi connectivity index (χ1) is 14.4. The molecule has 1 aromatic carbocycles. The predicted molar refractivity (Wildman–Crippen MR) is 122 cm³/mol. The van der Waals surface area contributed by atoms with Gasteiger partial charge in [0.1, 0.15) is 5.54 Å². The standard InChI is InChI=1S/C21H27N5O2S2/c1-13(29-20-25-24-19(30-20)22-14-9-5-4-6-10-14)17(27)26-16-12-8-7-11-15(16)23-18(28)21(26,2)3/h7-8,11-14H,4-6,9-10H2,1-3H3,(H,22,24)(H,23,28). The van der Waals surface area contributed by atoms with Crippen molar-refractivity contribution in [3.05, 3.63) is 24.3 Å². The average molecular weight is 446 g/mol. The van der Waals surface area contributed by atoms with Crippen LogP contribution in [0.5, 0.6) is 0 Å². The molecule has 1 aliphatic heterocycles. The van der Waals surface area contributed by atoms with Gasteiger partial charge in [-0.15, -0.1) is 10.2 Å². The molecular weight excluding hydrogens is 418 g/mol. The third-order valence-electron chi connectivity index (χ3n) is 5.69. The largest absolute Gasteiger partial charge is 0.357 e. The second-order valence-electron chi connectivity index (χ2n) is 8.32. The van der Waals surface area contributed by atoms with E-state index in [2.05, 4.69) is 20.8 Å². The highest BCUT2D eigenvalue weighted by Crippen LogP contribution is 2.39. The van der Waals surface area contributed by atoms with Crippen LogP contribution < -0.4 is 15.5 Å². The molecule has 4 rings (SSSR count). The highest BCUT2D eigenvalue weighted by Gasteiger charge is 2.44. The molecule has 1 fully saturated rings. The molecule has 9 heteroatoms. The minimum Gasteiger partial charge on any atom is -0.357 e. The lowest BCUT2D eigenvalue weighted by Gasteiger charge is -2.42. The molecule has 7 nitrogen and oxygen atoms in total. The fourth-order valence-electron chi connectivity index (χ4n) is 3.97. The number of thioether (sulfide) groups is 1. The summed E-state index contributed by atoms with van der Waals surface area (Å²) in [5, 5.41) is 15.3. The van der Waals surface area contributed by atoms with Crippen molar-refractivity contribution in [3.8, 4) is 0 Å². The molecule has 30 heavy (non-hydrogen) atoms. The summed E-state index contributed by atoms with van der Waals surface area (Å²) in [4.78, 5) is 27.7. The van der Waals surface area contributed by atoms with E-state index in [1.165, 1.54) is 55.2 Å². The van der Waals surface area contributed by atoms with E-state index in [0.717, 1.165) is 15.2 Å². The van der Waals surface area contributed by atoms with Crippen molar-refractivity contribution >= 4 is 51.4 Å². The van der Waals surface area contributed by atoms with Crippen molar-refractivity contribution in [3.63, 3.8) is 0 Å². The van der Waals surface area contributed by atoms with Crippen molar-refractivity contribution in [2.75, 3.05) is 15.5 Å². The molecule has 1 saturated carbocycles. The van der Waals surface area contributed by atoms with Gasteiger partial charge in [0, 0.05) is 6.04 Å². The lowest BCUT2D eigenvalue weighted by Crippen LogP contribution is -2.60. The van der Waals surface area contributed by atoms with Gasteiger partial charge < -0.3 is 10.6 Å². The molecule has 2 aliphatic rings. The molecule has 0 bridgehead atoms. The Morgan fingerprint density at radius 2 is 2.00 bits per heavy atom. The van der Waals surface area contributed by atoms with Crippen molar-refractivity contribution in [1.29, 1.82) is 0 Å². The molecule has 1 unspecified atom stereocenters. The highest BCUT2D eigenvalue weighted by molar-refractivity contribution is 8.02. The molecule has 2 heterocycles. The molecule has 0 saturated heterocycles. The number of nitrogens with one attached hydrogen (secondary N) is 2. The first-order valence-corrected chi connectivity index (χ1v) is 12.1. The Balaban J connectivity index is 1.48. The fraction of sp³-hybridized carbons (Fsp3) is 0.524. The van der Waals surface area contributed by atoms with Gasteiger partial charge in [0.25, 0.3) is 0 Å². The van der Waals surface area contributed by atoms with Gasteiger partial charge in [-0.05, 0) is 45.7 Å². The normalized spacial score (nSPS) is 19.7. The first-order valence-electron chi connectivity index (χ1n) is 10.4. The van der Waals surface area contributed by atoms with Crippen LogP contribution in [0.25, 0.3) is 0 Å². The number of nitrogens with zero attached hydrogens (tertiary/aromatic N) is 3. The number of carbonyl (C=O) groups is 2. The zero-order valence-corrected chi connectivity index (χ0v) is 19.1. The summed E-state index contributed by atoms with van der Waals surface area (Å²) in [6.45, 7) is 5.39. The Kier molecular flexibility index (Phi) is 6.02. The number of carbonyl (C=O) groups excluding carboxylic acids is 2. The number of para-hydroxylation sites is 2. The average Bonchev–Trinajstić information content (AvgIpc) is 3.16. The van der Waals surface area contributed by atoms with Gasteiger partial charge in [0.2, 0.25) is 16.9 Å². The summed E-state index contributed by atoms with van der Waals surface area (Å²) in [5.41, 5.74) is 0.397. The van der Waals surface area contributed by atoms with Gasteiger partial charge in [-0.2, -0.15) is 0 Å². The summed E-state index contributed by atoms with van der Waals surface area (Å²) in [6.07, 6.45) is 6.16. The third-order valence-corrected chi connectivity index (χ3v) is 7.72. The summed E-state index contributed by atoms with van der Waals surface area (Å²) in [7, 11) is 0. The number of rotatable bonds is 5. The Morgan fingerprint density at radius 3 is 2.77 bits per heavy atom. The molecular formula is C21H27N5O2S2. The molecule has 0 radical (unpaired) electrons. The zero-order valence-electron chi connectivity index (χ0n) is 17.5. The van der Waals surface area contributed by atoms with Crippen molar-refractivity contribution < 1.29 is 9.59 Å². The van der Waals surface area contributed by atoms with Crippen LogP contribution in [0.2, 0.25) is 0 Å². The van der Waals surface area contributed by atoms with E-state index in [-0.39, 0.29) is 11.8 Å². The topological polar surface area (TPSA) is 87.2 Å². The molecule has 2 aromatic rings. The van der Waals surface area contributed by atoms with Gasteiger partial charge in [-0.3, -0.25) is 14.5 Å². The van der Waals surface area contributed by atoms with E-state index in [1.807, 2.05) is 31.2 Å². The van der Waals surface area contributed by atoms with Gasteiger partial charge in [-0.25, -0.2) is 0 Å². The molecule has 160 valence electrons. The lowest BCUT2D eigenvalue weighted by atomic mass is 9.96. The second-order valence-corrected chi connectivity index (χ2v) is 10.9. The predicted octanol–water partition coefficient (Wildman–Crippen LogP) is 4.53. The summed E-state index contributed by atoms with van der Waals surface area (Å²) in [6, 6.07) is 7.86. The number of fused-ring (bicyclic) bond motifs is 1. The number of hydrogen-bond acceptors (Lipinski definition) is 7. The first kappa shape index (κ1) is 21.1. The van der Waals surface area contributed by atoms with Gasteiger partial charge in [-0.1, -0.05) is 54.5 Å². The second kappa shape index (κ2) is 8.55. The van der Waals surface area contributed by atoms with Crippen LogP contribution in [-0.4, -0.2) is 38.8 Å². The number of amides is 2. The highest BCUT2D eigenvalue weighted by atomic mass is 32.2. The molecule has 1 atom stereocenters. The van der Waals surface area contributed by atoms with Gasteiger partial charge >= 0.3 is 0 Å². The lowest BCUT2D eigenvalue weighted by molar-refractivity contribution is -0.126. The van der Waals surface area contributed by atoms with Crippen LogP contribution in [0.3, 0.4) is 0 Å². The Labute approximate surface area is 185 Å². The Hall–Kier alpha value is -2.13. The van der Waals surface area contributed by atoms with E-state index in [9.17, 15) is 9.59 Å². The molecule has 2 N–H and O–H groups in total. The van der Waals surface area contributed by atoms with Crippen molar-refractivity contribution in [2.45, 2.75) is 74.0 Å². The van der Waals surface area contributed by atoms with Crippen molar-refractivity contribution in [2.24, 2.45) is 0 Å². The van der Waals surface area contributed by atoms with E-state index in [1.54, 1.807) is 18.7 Å². The summed E-state index contributed by atoms with van der Waals surface area (Å²) < 4.78 is 0.752. The molecule has 1 aliphatic carbocycles. The smallest absolute Gasteiger partial charge is 0.250 e. The van der Waals surface area contributed by atoms with Crippen molar-refractivity contribution in [1.82, 2.24) is 10.2 Å². The van der Waals surface area contributed by atoms with Crippen LogP contribution in [-0.2, 0) is 9.59 Å². The zero-order chi connectivity index (χ0) is 21.3. The number of anilines is 3. The van der Waals surface area contributed by atoms with Gasteiger partial charge in [0.05, 0.1) is 16.6 Å². The summed E-state index contributed by atoms with van der Waals surface area (Å²) in [5.74, 6) is -0.314. The fourth-order valence-corrected chi connectivity index (χ4v) is 5.98. The summed E-state index contributed by atoms with van der Waals surface area (Å²) >= 11 is 2.87. The number of benzene rings is 1. The SMILES string of the molecule is CC(Sc1nnc(NC2CCCCC2)s1)C(=O)N1c2ccccc2NC(=O)C1(C)C. The van der Waals surface area contributed by atoms with E-state index >= 15 is 0 Å². The van der Waals surface area contributed by atoms with Crippen LogP contribution in [0.1, 0.15) is 52.9 Å². The minimum atomic E-state index is -0.977. The van der Waals surface area contributed by atoms with E-state index in [0.29, 0.717) is 11.7 Å². The monoisotopic (exact) mass is 445 g/mol. The maximum atomic E-state index is 13.4. The Bertz CT molecular complexity index is 939. The molecule has 0 spiro atoms.